The third-order valence-electron chi connectivity index (χ3n) is 3.49. The Morgan fingerprint density at radius 3 is 2.41 bits per heavy atom. The fraction of sp³-hybridized carbons (Fsp3) is 0.0526. The Labute approximate surface area is 157 Å². The van der Waals surface area contributed by atoms with Crippen LogP contribution in [-0.2, 0) is 6.18 Å². The first kappa shape index (κ1) is 18.8. The molecule has 0 aliphatic rings. The van der Waals surface area contributed by atoms with Crippen LogP contribution in [0.15, 0.2) is 82.8 Å². The van der Waals surface area contributed by atoms with Crippen LogP contribution in [-0.4, -0.2) is 10.9 Å². The van der Waals surface area contributed by atoms with E-state index in [9.17, 15) is 18.0 Å². The van der Waals surface area contributed by atoms with Gasteiger partial charge in [0.1, 0.15) is 5.03 Å². The smallest absolute Gasteiger partial charge is 0.298 e. The van der Waals surface area contributed by atoms with Gasteiger partial charge in [0.25, 0.3) is 5.91 Å². The van der Waals surface area contributed by atoms with Gasteiger partial charge < -0.3 is 0 Å². The summed E-state index contributed by atoms with van der Waals surface area (Å²) in [7, 11) is 0. The van der Waals surface area contributed by atoms with E-state index in [2.05, 4.69) is 15.8 Å². The predicted octanol–water partition coefficient (Wildman–Crippen LogP) is 5.01. The van der Waals surface area contributed by atoms with Crippen molar-refractivity contribution >= 4 is 23.4 Å². The highest BCUT2D eigenvalue weighted by molar-refractivity contribution is 7.99. The first-order chi connectivity index (χ1) is 12.9. The summed E-state index contributed by atoms with van der Waals surface area (Å²) in [5, 5.41) is 0.834. The molecule has 0 saturated carbocycles. The molecule has 4 nitrogen and oxygen atoms in total. The quantitative estimate of drug-likeness (QED) is 0.603. The monoisotopic (exact) mass is 389 g/mol. The molecule has 1 heterocycles. The van der Waals surface area contributed by atoms with Gasteiger partial charge in [-0.1, -0.05) is 23.9 Å². The molecule has 2 aromatic carbocycles. The predicted molar refractivity (Wildman–Crippen MR) is 97.3 cm³/mol. The molecule has 3 aromatic rings. The number of nitrogens with one attached hydrogen (secondary N) is 2. The zero-order valence-corrected chi connectivity index (χ0v) is 14.6. The number of hydrazine groups is 1. The van der Waals surface area contributed by atoms with Gasteiger partial charge >= 0.3 is 6.18 Å². The van der Waals surface area contributed by atoms with E-state index in [-0.39, 0.29) is 5.69 Å². The van der Waals surface area contributed by atoms with Crippen molar-refractivity contribution in [2.75, 3.05) is 5.43 Å². The van der Waals surface area contributed by atoms with Crippen molar-refractivity contribution in [3.63, 3.8) is 0 Å². The number of benzene rings is 2. The molecule has 0 fully saturated rings. The number of alkyl halides is 3. The minimum absolute atomic E-state index is 0.139. The van der Waals surface area contributed by atoms with Gasteiger partial charge in [0.05, 0.1) is 11.3 Å². The number of carbonyl (C=O) groups is 1. The molecule has 138 valence electrons. The molecular weight excluding hydrogens is 375 g/mol. The Morgan fingerprint density at radius 2 is 1.74 bits per heavy atom. The number of hydrogen-bond donors (Lipinski definition) is 2. The summed E-state index contributed by atoms with van der Waals surface area (Å²) in [6.07, 6.45) is -2.74. The van der Waals surface area contributed by atoms with Crippen molar-refractivity contribution in [1.29, 1.82) is 0 Å². The second-order valence-corrected chi connectivity index (χ2v) is 6.55. The fourth-order valence-electron chi connectivity index (χ4n) is 2.18. The van der Waals surface area contributed by atoms with Gasteiger partial charge in [-0.25, -0.2) is 4.98 Å². The van der Waals surface area contributed by atoms with Crippen molar-refractivity contribution in [3.05, 3.63) is 84.1 Å². The molecule has 27 heavy (non-hydrogen) atoms. The number of halogens is 3. The molecule has 0 radical (unpaired) electrons. The molecule has 0 spiro atoms. The summed E-state index contributed by atoms with van der Waals surface area (Å²) in [6, 6.07) is 17.0. The second-order valence-electron chi connectivity index (χ2n) is 5.45. The van der Waals surface area contributed by atoms with Crippen molar-refractivity contribution < 1.29 is 18.0 Å². The maximum absolute atomic E-state index is 12.7. The average molecular weight is 389 g/mol. The highest BCUT2D eigenvalue weighted by Crippen LogP contribution is 2.30. The highest BCUT2D eigenvalue weighted by Gasteiger charge is 2.30. The van der Waals surface area contributed by atoms with Crippen molar-refractivity contribution in [1.82, 2.24) is 10.4 Å². The molecule has 0 bridgehead atoms. The zero-order valence-electron chi connectivity index (χ0n) is 13.8. The first-order valence-electron chi connectivity index (χ1n) is 7.84. The van der Waals surface area contributed by atoms with E-state index in [4.69, 9.17) is 0 Å². The zero-order chi connectivity index (χ0) is 19.3. The van der Waals surface area contributed by atoms with Gasteiger partial charge in [0.2, 0.25) is 0 Å². The topological polar surface area (TPSA) is 54.0 Å². The minimum atomic E-state index is -4.44. The van der Waals surface area contributed by atoms with Crippen LogP contribution in [0.3, 0.4) is 0 Å². The van der Waals surface area contributed by atoms with Gasteiger partial charge in [0, 0.05) is 16.7 Å². The SMILES string of the molecule is O=C(NNc1cccc(C(F)(F)F)c1)c1ccc(Sc2ccccn2)cc1. The normalized spacial score (nSPS) is 11.1. The Balaban J connectivity index is 1.60. The number of carbonyl (C=O) groups excluding carboxylic acids is 1. The molecule has 8 heteroatoms. The maximum atomic E-state index is 12.7. The highest BCUT2D eigenvalue weighted by atomic mass is 32.2. The third-order valence-corrected chi connectivity index (χ3v) is 4.45. The summed E-state index contributed by atoms with van der Waals surface area (Å²) < 4.78 is 38.1. The Morgan fingerprint density at radius 1 is 0.963 bits per heavy atom. The van der Waals surface area contributed by atoms with E-state index >= 15 is 0 Å². The molecule has 1 aromatic heterocycles. The fourth-order valence-corrected chi connectivity index (χ4v) is 2.95. The van der Waals surface area contributed by atoms with Gasteiger partial charge in [-0.3, -0.25) is 15.6 Å². The van der Waals surface area contributed by atoms with Gasteiger partial charge in [-0.2, -0.15) is 13.2 Å². The van der Waals surface area contributed by atoms with Crippen LogP contribution < -0.4 is 10.9 Å². The van der Waals surface area contributed by atoms with E-state index < -0.39 is 17.6 Å². The number of pyridine rings is 1. The lowest BCUT2D eigenvalue weighted by molar-refractivity contribution is -0.137. The van der Waals surface area contributed by atoms with Crippen molar-refractivity contribution in [2.24, 2.45) is 0 Å². The standard InChI is InChI=1S/C19H14F3N3OS/c20-19(21,22)14-4-3-5-15(12-14)24-25-18(26)13-7-9-16(10-8-13)27-17-6-1-2-11-23-17/h1-12,24H,(H,25,26). The van der Waals surface area contributed by atoms with Gasteiger partial charge in [-0.15, -0.1) is 0 Å². The molecule has 2 N–H and O–H groups in total. The van der Waals surface area contributed by atoms with Crippen LogP contribution in [0.4, 0.5) is 18.9 Å². The number of amides is 1. The Hall–Kier alpha value is -3.00. The van der Waals surface area contributed by atoms with Crippen molar-refractivity contribution in [2.45, 2.75) is 16.1 Å². The number of nitrogens with zero attached hydrogens (tertiary/aromatic N) is 1. The lowest BCUT2D eigenvalue weighted by Gasteiger charge is -2.11. The number of hydrogen-bond acceptors (Lipinski definition) is 4. The summed E-state index contributed by atoms with van der Waals surface area (Å²) in [6.45, 7) is 0. The summed E-state index contributed by atoms with van der Waals surface area (Å²) in [5.41, 5.74) is 4.60. The summed E-state index contributed by atoms with van der Waals surface area (Å²) >= 11 is 1.46. The van der Waals surface area contributed by atoms with Crippen LogP contribution in [0.2, 0.25) is 0 Å². The van der Waals surface area contributed by atoms with Crippen molar-refractivity contribution in [3.8, 4) is 0 Å². The maximum Gasteiger partial charge on any atom is 0.416 e. The van der Waals surface area contributed by atoms with E-state index in [1.807, 2.05) is 18.2 Å². The van der Waals surface area contributed by atoms with Crippen LogP contribution >= 0.6 is 11.8 Å². The lowest BCUT2D eigenvalue weighted by Crippen LogP contribution is -2.29. The Kier molecular flexibility index (Phi) is 5.66. The minimum Gasteiger partial charge on any atom is -0.298 e. The molecule has 1 amide bonds. The molecule has 3 rings (SSSR count). The molecule has 0 unspecified atom stereocenters. The van der Waals surface area contributed by atoms with E-state index in [1.165, 1.54) is 23.9 Å². The number of anilines is 1. The summed E-state index contributed by atoms with van der Waals surface area (Å²) in [4.78, 5) is 17.3. The second kappa shape index (κ2) is 8.13. The Bertz CT molecular complexity index is 915. The molecule has 0 aliphatic heterocycles. The molecule has 0 aliphatic carbocycles. The van der Waals surface area contributed by atoms with E-state index in [1.54, 1.807) is 30.5 Å². The van der Waals surface area contributed by atoms with Gasteiger partial charge in [0.15, 0.2) is 0 Å². The van der Waals surface area contributed by atoms with Crippen LogP contribution in [0.5, 0.6) is 0 Å². The molecular formula is C19H14F3N3OS. The number of rotatable bonds is 5. The van der Waals surface area contributed by atoms with Gasteiger partial charge in [-0.05, 0) is 54.6 Å². The molecule has 0 atom stereocenters. The molecule has 0 saturated heterocycles. The number of aromatic nitrogens is 1. The average Bonchev–Trinajstić information content (AvgIpc) is 2.67. The van der Waals surface area contributed by atoms with E-state index in [0.717, 1.165) is 22.1 Å². The third kappa shape index (κ3) is 5.24. The first-order valence-corrected chi connectivity index (χ1v) is 8.66. The van der Waals surface area contributed by atoms with E-state index in [0.29, 0.717) is 5.56 Å². The largest absolute Gasteiger partial charge is 0.416 e. The summed E-state index contributed by atoms with van der Waals surface area (Å²) in [5.74, 6) is -0.457. The van der Waals surface area contributed by atoms with Crippen LogP contribution in [0, 0.1) is 0 Å². The van der Waals surface area contributed by atoms with Crippen LogP contribution in [0.1, 0.15) is 15.9 Å². The lowest BCUT2D eigenvalue weighted by atomic mass is 10.2. The van der Waals surface area contributed by atoms with Crippen LogP contribution in [0.25, 0.3) is 0 Å².